The Morgan fingerprint density at radius 2 is 1.32 bits per heavy atom. The molecule has 5 rings (SSSR count). The first kappa shape index (κ1) is 15.1. The molecule has 3 aliphatic carbocycles. The number of fused-ring (bicyclic) bond motifs is 1. The quantitative estimate of drug-likeness (QED) is 0.823. The van der Waals surface area contributed by atoms with Gasteiger partial charge in [-0.3, -0.25) is 4.79 Å². The van der Waals surface area contributed by atoms with Crippen LogP contribution in [0, 0.1) is 5.92 Å². The molecule has 0 heterocycles. The molecule has 0 radical (unpaired) electrons. The van der Waals surface area contributed by atoms with Crippen LogP contribution in [0.2, 0.25) is 0 Å². The van der Waals surface area contributed by atoms with Gasteiger partial charge in [0.05, 0.1) is 13.0 Å². The highest BCUT2D eigenvalue weighted by molar-refractivity contribution is 5.85. The average molecular weight is 316 g/mol. The maximum Gasteiger partial charge on any atom is 0.311 e. The molecule has 0 spiro atoms. The Morgan fingerprint density at radius 3 is 1.73 bits per heavy atom. The Labute approximate surface area is 135 Å². The summed E-state index contributed by atoms with van der Waals surface area (Å²) in [4.78, 5) is 12.3. The summed E-state index contributed by atoms with van der Waals surface area (Å²) in [5, 5.41) is 0. The van der Waals surface area contributed by atoms with E-state index < -0.39 is 0 Å². The number of carbonyl (C=O) groups is 1. The summed E-state index contributed by atoms with van der Waals surface area (Å²) in [6.07, 6.45) is 0. The van der Waals surface area contributed by atoms with Crippen molar-refractivity contribution in [3.63, 3.8) is 0 Å². The average Bonchev–Trinajstić information content (AvgIpc) is 2.54. The standard InChI is InChI=1S/C18H17NO2.ClH/c1-21-18(20)16-14-10-6-2-4-8-12(10)15(17(16)19)13-9-5-3-7-11(13)14;/h2-9,14-17H,19H2,1H3;1H. The van der Waals surface area contributed by atoms with Gasteiger partial charge in [0.2, 0.25) is 0 Å². The van der Waals surface area contributed by atoms with Crippen molar-refractivity contribution in [1.29, 1.82) is 0 Å². The molecule has 0 saturated heterocycles. The molecular weight excluding hydrogens is 298 g/mol. The van der Waals surface area contributed by atoms with Crippen molar-refractivity contribution >= 4 is 18.4 Å². The minimum absolute atomic E-state index is 0. The van der Waals surface area contributed by atoms with Crippen molar-refractivity contribution in [2.45, 2.75) is 17.9 Å². The second-order valence-electron chi connectivity index (χ2n) is 5.84. The Bertz CT molecular complexity index is 683. The molecule has 2 unspecified atom stereocenters. The zero-order valence-corrected chi connectivity index (χ0v) is 13.0. The van der Waals surface area contributed by atoms with Gasteiger partial charge in [0.25, 0.3) is 0 Å². The SMILES string of the molecule is COC(=O)C1C2c3ccccc3C(c3ccccc32)C1N.Cl. The fraction of sp³-hybridized carbons (Fsp3) is 0.278. The number of carbonyl (C=O) groups excluding carboxylic acids is 1. The molecule has 114 valence electrons. The van der Waals surface area contributed by atoms with Crippen molar-refractivity contribution in [2.24, 2.45) is 11.7 Å². The number of rotatable bonds is 1. The van der Waals surface area contributed by atoms with E-state index in [9.17, 15) is 4.79 Å². The zero-order valence-electron chi connectivity index (χ0n) is 12.2. The summed E-state index contributed by atoms with van der Waals surface area (Å²) in [7, 11) is 1.44. The smallest absolute Gasteiger partial charge is 0.311 e. The van der Waals surface area contributed by atoms with Gasteiger partial charge < -0.3 is 10.5 Å². The van der Waals surface area contributed by atoms with Gasteiger partial charge in [-0.15, -0.1) is 12.4 Å². The van der Waals surface area contributed by atoms with Crippen LogP contribution in [-0.4, -0.2) is 19.1 Å². The summed E-state index contributed by atoms with van der Waals surface area (Å²) < 4.78 is 5.02. The van der Waals surface area contributed by atoms with Crippen molar-refractivity contribution < 1.29 is 9.53 Å². The minimum atomic E-state index is -0.301. The van der Waals surface area contributed by atoms with Crippen LogP contribution in [0.1, 0.15) is 34.1 Å². The van der Waals surface area contributed by atoms with Gasteiger partial charge in [0.15, 0.2) is 0 Å². The van der Waals surface area contributed by atoms with Crippen LogP contribution in [-0.2, 0) is 9.53 Å². The molecular formula is C18H18ClNO2. The molecule has 0 amide bonds. The van der Waals surface area contributed by atoms with Crippen LogP contribution in [0.25, 0.3) is 0 Å². The monoisotopic (exact) mass is 315 g/mol. The van der Waals surface area contributed by atoms with Gasteiger partial charge in [-0.05, 0) is 22.3 Å². The molecule has 2 bridgehead atoms. The number of halogens is 1. The normalized spacial score (nSPS) is 27.4. The molecule has 4 heteroatoms. The third-order valence-electron chi connectivity index (χ3n) is 4.96. The predicted octanol–water partition coefficient (Wildman–Crippen LogP) is 2.82. The molecule has 2 N–H and O–H groups in total. The van der Waals surface area contributed by atoms with Crippen LogP contribution >= 0.6 is 12.4 Å². The van der Waals surface area contributed by atoms with Crippen molar-refractivity contribution in [2.75, 3.05) is 7.11 Å². The minimum Gasteiger partial charge on any atom is -0.469 e. The first-order valence-corrected chi connectivity index (χ1v) is 7.25. The Morgan fingerprint density at radius 1 is 0.909 bits per heavy atom. The van der Waals surface area contributed by atoms with E-state index in [2.05, 4.69) is 24.3 Å². The topological polar surface area (TPSA) is 52.3 Å². The summed E-state index contributed by atoms with van der Waals surface area (Å²) in [5.41, 5.74) is 11.4. The molecule has 2 aromatic rings. The predicted molar refractivity (Wildman–Crippen MR) is 87.3 cm³/mol. The maximum atomic E-state index is 12.3. The van der Waals surface area contributed by atoms with E-state index in [4.69, 9.17) is 10.5 Å². The highest BCUT2D eigenvalue weighted by Crippen LogP contribution is 2.54. The van der Waals surface area contributed by atoms with E-state index in [1.807, 2.05) is 24.3 Å². The maximum absolute atomic E-state index is 12.3. The highest BCUT2D eigenvalue weighted by atomic mass is 35.5. The van der Waals surface area contributed by atoms with E-state index >= 15 is 0 Å². The van der Waals surface area contributed by atoms with Gasteiger partial charge in [-0.2, -0.15) is 0 Å². The van der Waals surface area contributed by atoms with Gasteiger partial charge in [-0.1, -0.05) is 48.5 Å². The molecule has 0 aromatic heterocycles. The second kappa shape index (κ2) is 5.41. The van der Waals surface area contributed by atoms with Crippen LogP contribution in [0.4, 0.5) is 0 Å². The Kier molecular flexibility index (Phi) is 3.71. The van der Waals surface area contributed by atoms with Crippen LogP contribution in [0.5, 0.6) is 0 Å². The number of hydrogen-bond donors (Lipinski definition) is 1. The molecule has 2 aromatic carbocycles. The number of hydrogen-bond acceptors (Lipinski definition) is 3. The van der Waals surface area contributed by atoms with Crippen molar-refractivity contribution in [1.82, 2.24) is 0 Å². The highest BCUT2D eigenvalue weighted by Gasteiger charge is 2.51. The number of nitrogens with two attached hydrogens (primary N) is 1. The fourth-order valence-electron chi connectivity index (χ4n) is 4.15. The molecule has 22 heavy (non-hydrogen) atoms. The lowest BCUT2D eigenvalue weighted by molar-refractivity contribution is -0.147. The molecule has 3 nitrogen and oxygen atoms in total. The van der Waals surface area contributed by atoms with Crippen molar-refractivity contribution in [3.8, 4) is 0 Å². The third-order valence-corrected chi connectivity index (χ3v) is 4.96. The van der Waals surface area contributed by atoms with E-state index in [1.165, 1.54) is 29.4 Å². The van der Waals surface area contributed by atoms with Crippen LogP contribution in [0.15, 0.2) is 48.5 Å². The Balaban J connectivity index is 0.00000144. The molecule has 2 atom stereocenters. The fourth-order valence-corrected chi connectivity index (χ4v) is 4.15. The molecule has 0 aliphatic heterocycles. The van der Waals surface area contributed by atoms with Crippen LogP contribution < -0.4 is 5.73 Å². The Hall–Kier alpha value is -1.84. The number of esters is 1. The van der Waals surface area contributed by atoms with E-state index in [0.717, 1.165) is 0 Å². The molecule has 0 fully saturated rings. The van der Waals surface area contributed by atoms with Gasteiger partial charge in [0.1, 0.15) is 0 Å². The summed E-state index contributed by atoms with van der Waals surface area (Å²) >= 11 is 0. The summed E-state index contributed by atoms with van der Waals surface area (Å²) in [5.74, 6) is -0.428. The second-order valence-corrected chi connectivity index (χ2v) is 5.84. The lowest BCUT2D eigenvalue weighted by Crippen LogP contribution is -2.51. The molecule has 0 saturated carbocycles. The van der Waals surface area contributed by atoms with Gasteiger partial charge in [-0.25, -0.2) is 0 Å². The largest absolute Gasteiger partial charge is 0.469 e. The third kappa shape index (κ3) is 1.82. The lowest BCUT2D eigenvalue weighted by atomic mass is 9.57. The number of methoxy groups -OCH3 is 1. The van der Waals surface area contributed by atoms with Gasteiger partial charge in [0, 0.05) is 17.9 Å². The molecule has 3 aliphatic rings. The van der Waals surface area contributed by atoms with Crippen LogP contribution in [0.3, 0.4) is 0 Å². The lowest BCUT2D eigenvalue weighted by Gasteiger charge is -2.48. The van der Waals surface area contributed by atoms with Crippen molar-refractivity contribution in [3.05, 3.63) is 70.8 Å². The van der Waals surface area contributed by atoms with Gasteiger partial charge >= 0.3 is 5.97 Å². The van der Waals surface area contributed by atoms with E-state index in [0.29, 0.717) is 0 Å². The first-order chi connectivity index (χ1) is 10.2. The van der Waals surface area contributed by atoms with E-state index in [1.54, 1.807) is 0 Å². The zero-order chi connectivity index (χ0) is 14.6. The number of benzene rings is 2. The number of ether oxygens (including phenoxy) is 1. The summed E-state index contributed by atoms with van der Waals surface area (Å²) in [6.45, 7) is 0. The van der Waals surface area contributed by atoms with E-state index in [-0.39, 0.29) is 42.2 Å². The first-order valence-electron chi connectivity index (χ1n) is 7.25. The summed E-state index contributed by atoms with van der Waals surface area (Å²) in [6, 6.07) is 16.4.